The molecule has 0 spiro atoms. The highest BCUT2D eigenvalue weighted by Gasteiger charge is 2.22. The van der Waals surface area contributed by atoms with Crippen molar-refractivity contribution in [2.24, 2.45) is 0 Å². The van der Waals surface area contributed by atoms with Gasteiger partial charge in [-0.3, -0.25) is 9.59 Å². The van der Waals surface area contributed by atoms with Gasteiger partial charge in [-0.2, -0.15) is 0 Å². The van der Waals surface area contributed by atoms with Crippen molar-refractivity contribution in [3.63, 3.8) is 0 Å². The molecule has 1 N–H and O–H groups in total. The third-order valence-electron chi connectivity index (χ3n) is 2.26. The van der Waals surface area contributed by atoms with Crippen LogP contribution >= 0.6 is 15.9 Å². The van der Waals surface area contributed by atoms with E-state index in [2.05, 4.69) is 21.2 Å². The van der Waals surface area contributed by atoms with Gasteiger partial charge in [0.05, 0.1) is 5.33 Å². The van der Waals surface area contributed by atoms with E-state index < -0.39 is 23.3 Å². The van der Waals surface area contributed by atoms with E-state index in [1.165, 1.54) is 4.90 Å². The molecule has 0 saturated heterocycles. The molecule has 0 radical (unpaired) electrons. The summed E-state index contributed by atoms with van der Waals surface area (Å²) in [4.78, 5) is 36.5. The minimum absolute atomic E-state index is 0.0856. The molecule has 0 aliphatic carbocycles. The Balaban J connectivity index is 4.45. The van der Waals surface area contributed by atoms with Crippen molar-refractivity contribution in [2.75, 3.05) is 25.0 Å². The summed E-state index contributed by atoms with van der Waals surface area (Å²) in [6.07, 6.45) is -0.569. The molecule has 134 valence electrons. The Bertz CT molecular complexity index is 427. The maximum Gasteiger partial charge on any atom is 0.407 e. The Morgan fingerprint density at radius 3 is 1.96 bits per heavy atom. The lowest BCUT2D eigenvalue weighted by Crippen LogP contribution is -2.44. The molecule has 0 atom stereocenters. The van der Waals surface area contributed by atoms with Crippen molar-refractivity contribution >= 4 is 33.9 Å². The molecule has 0 fully saturated rings. The molecule has 0 aromatic carbocycles. The number of nitrogens with one attached hydrogen (secondary N) is 1. The summed E-state index contributed by atoms with van der Waals surface area (Å²) in [6, 6.07) is 0. The van der Waals surface area contributed by atoms with Gasteiger partial charge in [0.15, 0.2) is 0 Å². The van der Waals surface area contributed by atoms with Crippen molar-refractivity contribution < 1.29 is 23.9 Å². The quantitative estimate of drug-likeness (QED) is 0.550. The summed E-state index contributed by atoms with van der Waals surface area (Å²) < 4.78 is 10.3. The van der Waals surface area contributed by atoms with E-state index in [1.54, 1.807) is 41.5 Å². The molecule has 0 aromatic heterocycles. The van der Waals surface area contributed by atoms with E-state index in [0.29, 0.717) is 0 Å². The number of carbonyl (C=O) groups excluding carboxylic acids is 3. The second-order valence-corrected chi connectivity index (χ2v) is 7.52. The van der Waals surface area contributed by atoms with Gasteiger partial charge in [0.2, 0.25) is 5.91 Å². The van der Waals surface area contributed by atoms with E-state index >= 15 is 0 Å². The van der Waals surface area contributed by atoms with Gasteiger partial charge in [0.25, 0.3) is 0 Å². The van der Waals surface area contributed by atoms with Crippen molar-refractivity contribution in [1.29, 1.82) is 0 Å². The van der Waals surface area contributed by atoms with Crippen LogP contribution in [0.4, 0.5) is 4.79 Å². The number of halogens is 1. The molecule has 0 rings (SSSR count). The third kappa shape index (κ3) is 11.9. The lowest BCUT2D eigenvalue weighted by Gasteiger charge is -2.25. The fourth-order valence-corrected chi connectivity index (χ4v) is 1.87. The maximum absolute atomic E-state index is 11.8. The zero-order valence-electron chi connectivity index (χ0n) is 14.7. The summed E-state index contributed by atoms with van der Waals surface area (Å²) in [5.41, 5.74) is -1.21. The van der Waals surface area contributed by atoms with E-state index in [0.717, 1.165) is 0 Å². The molecule has 0 aliphatic rings. The first-order chi connectivity index (χ1) is 10.3. The minimum Gasteiger partial charge on any atom is -0.459 e. The first-order valence-corrected chi connectivity index (χ1v) is 8.48. The smallest absolute Gasteiger partial charge is 0.407 e. The number of ether oxygens (including phenoxy) is 2. The van der Waals surface area contributed by atoms with Crippen molar-refractivity contribution in [3.8, 4) is 0 Å². The van der Waals surface area contributed by atoms with Crippen LogP contribution in [0.5, 0.6) is 0 Å². The Kier molecular flexibility index (Phi) is 8.58. The molecule has 0 bridgehead atoms. The zero-order chi connectivity index (χ0) is 18.3. The Labute approximate surface area is 146 Å². The van der Waals surface area contributed by atoms with Crippen LogP contribution in [0.1, 0.15) is 41.5 Å². The molecule has 8 heteroatoms. The SMILES string of the molecule is CC(C)(C)OC(=O)CN(CCNC(=O)OC(C)(C)C)C(=O)CBr. The number of alkyl halides is 1. The number of alkyl carbamates (subject to hydrolysis) is 1. The van der Waals surface area contributed by atoms with E-state index in [4.69, 9.17) is 9.47 Å². The van der Waals surface area contributed by atoms with Crippen LogP contribution in [-0.4, -0.2) is 59.0 Å². The van der Waals surface area contributed by atoms with Crippen LogP contribution in [-0.2, 0) is 19.1 Å². The highest BCUT2D eigenvalue weighted by molar-refractivity contribution is 9.09. The second kappa shape index (κ2) is 9.10. The van der Waals surface area contributed by atoms with Gasteiger partial charge >= 0.3 is 12.1 Å². The van der Waals surface area contributed by atoms with Crippen LogP contribution in [0.3, 0.4) is 0 Å². The van der Waals surface area contributed by atoms with E-state index in [9.17, 15) is 14.4 Å². The first kappa shape index (κ1) is 21.7. The standard InChI is InChI=1S/C15H27BrN2O5/c1-14(2,3)22-12(20)10-18(11(19)9-16)8-7-17-13(21)23-15(4,5)6/h7-10H2,1-6H3,(H,17,21). The predicted octanol–water partition coefficient (Wildman–Crippen LogP) is 2.08. The Hall–Kier alpha value is -1.31. The van der Waals surface area contributed by atoms with Gasteiger partial charge in [-0.15, -0.1) is 0 Å². The number of nitrogens with zero attached hydrogens (tertiary/aromatic N) is 1. The first-order valence-electron chi connectivity index (χ1n) is 7.36. The Morgan fingerprint density at radius 2 is 1.52 bits per heavy atom. The molecule has 23 heavy (non-hydrogen) atoms. The molecule has 0 aliphatic heterocycles. The molecule has 0 unspecified atom stereocenters. The molecule has 0 heterocycles. The van der Waals surface area contributed by atoms with Crippen molar-refractivity contribution in [1.82, 2.24) is 10.2 Å². The van der Waals surface area contributed by atoms with Crippen LogP contribution in [0.2, 0.25) is 0 Å². The fraction of sp³-hybridized carbons (Fsp3) is 0.800. The molecule has 7 nitrogen and oxygen atoms in total. The lowest BCUT2D eigenvalue weighted by atomic mass is 10.2. The fourth-order valence-electron chi connectivity index (χ4n) is 1.51. The van der Waals surface area contributed by atoms with Gasteiger partial charge in [0, 0.05) is 13.1 Å². The normalized spacial score (nSPS) is 11.6. The van der Waals surface area contributed by atoms with Gasteiger partial charge in [-0.05, 0) is 41.5 Å². The average molecular weight is 395 g/mol. The molecule has 2 amide bonds. The average Bonchev–Trinajstić information content (AvgIpc) is 2.32. The minimum atomic E-state index is -0.616. The van der Waals surface area contributed by atoms with Gasteiger partial charge in [0.1, 0.15) is 17.7 Å². The van der Waals surface area contributed by atoms with Gasteiger partial charge < -0.3 is 19.7 Å². The highest BCUT2D eigenvalue weighted by atomic mass is 79.9. The summed E-state index contributed by atoms with van der Waals surface area (Å²) in [5.74, 6) is -0.758. The molecule has 0 saturated carbocycles. The van der Waals surface area contributed by atoms with E-state index in [1.807, 2.05) is 0 Å². The van der Waals surface area contributed by atoms with Crippen molar-refractivity contribution in [2.45, 2.75) is 52.7 Å². The molecular formula is C15H27BrN2O5. The van der Waals surface area contributed by atoms with Gasteiger partial charge in [-0.25, -0.2) is 4.79 Å². The summed E-state index contributed by atoms with van der Waals surface area (Å²) in [6.45, 7) is 10.7. The number of hydrogen-bond acceptors (Lipinski definition) is 5. The monoisotopic (exact) mass is 394 g/mol. The summed E-state index contributed by atoms with van der Waals surface area (Å²) in [5, 5.41) is 2.63. The number of carbonyl (C=O) groups is 3. The molecule has 0 aromatic rings. The number of rotatable bonds is 6. The molecular weight excluding hydrogens is 368 g/mol. The van der Waals surface area contributed by atoms with Crippen LogP contribution in [0, 0.1) is 0 Å². The number of esters is 1. The Morgan fingerprint density at radius 1 is 1.00 bits per heavy atom. The predicted molar refractivity (Wildman–Crippen MR) is 90.5 cm³/mol. The van der Waals surface area contributed by atoms with Crippen LogP contribution in [0.15, 0.2) is 0 Å². The van der Waals surface area contributed by atoms with Crippen LogP contribution in [0.25, 0.3) is 0 Å². The third-order valence-corrected chi connectivity index (χ3v) is 2.74. The second-order valence-electron chi connectivity index (χ2n) is 6.96. The number of hydrogen-bond donors (Lipinski definition) is 1. The topological polar surface area (TPSA) is 84.9 Å². The van der Waals surface area contributed by atoms with Crippen LogP contribution < -0.4 is 5.32 Å². The van der Waals surface area contributed by atoms with E-state index in [-0.39, 0.29) is 30.9 Å². The largest absolute Gasteiger partial charge is 0.459 e. The summed E-state index contributed by atoms with van der Waals surface area (Å²) in [7, 11) is 0. The van der Waals surface area contributed by atoms with Gasteiger partial charge in [-0.1, -0.05) is 15.9 Å². The lowest BCUT2D eigenvalue weighted by molar-refractivity contribution is -0.158. The highest BCUT2D eigenvalue weighted by Crippen LogP contribution is 2.08. The summed E-state index contributed by atoms with van der Waals surface area (Å²) >= 11 is 3.07. The maximum atomic E-state index is 11.8. The zero-order valence-corrected chi connectivity index (χ0v) is 16.3. The van der Waals surface area contributed by atoms with Crippen molar-refractivity contribution in [3.05, 3.63) is 0 Å². The number of amides is 2.